The lowest BCUT2D eigenvalue weighted by Crippen LogP contribution is -2.42. The fraction of sp³-hybridized carbons (Fsp3) is 0.500. The number of aliphatic hydroxyl groups is 1. The summed E-state index contributed by atoms with van der Waals surface area (Å²) in [6.45, 7) is 4.93. The first kappa shape index (κ1) is 16.6. The molecule has 19 heavy (non-hydrogen) atoms. The molecule has 0 bridgehead atoms. The minimum Gasteiger partial charge on any atom is -0.389 e. The molecule has 108 valence electrons. The molecule has 1 N–H and O–H groups in total. The summed E-state index contributed by atoms with van der Waals surface area (Å²) >= 11 is 3.05. The van der Waals surface area contributed by atoms with E-state index in [-0.39, 0.29) is 22.5 Å². The summed E-state index contributed by atoms with van der Waals surface area (Å²) in [6, 6.07) is 3.40. The predicted octanol–water partition coefficient (Wildman–Crippen LogP) is 2.37. The molecule has 0 heterocycles. The molecule has 0 aromatic heterocycles. The van der Waals surface area contributed by atoms with E-state index in [0.717, 1.165) is 16.4 Å². The number of halogens is 2. The van der Waals surface area contributed by atoms with E-state index in [4.69, 9.17) is 0 Å². The average molecular weight is 354 g/mol. The first-order valence-corrected chi connectivity index (χ1v) is 7.99. The molecule has 1 aromatic rings. The molecule has 0 spiro atoms. The van der Waals surface area contributed by atoms with E-state index in [1.165, 1.54) is 19.9 Å². The maximum atomic E-state index is 13.0. The molecular weight excluding hydrogens is 337 g/mol. The molecule has 0 aliphatic heterocycles. The minimum atomic E-state index is -3.77. The summed E-state index contributed by atoms with van der Waals surface area (Å²) in [5, 5.41) is 9.76. The van der Waals surface area contributed by atoms with Gasteiger partial charge in [-0.3, -0.25) is 0 Å². The van der Waals surface area contributed by atoms with Crippen LogP contribution in [0.3, 0.4) is 0 Å². The Morgan fingerprint density at radius 3 is 2.42 bits per heavy atom. The van der Waals surface area contributed by atoms with E-state index in [1.807, 2.05) is 0 Å². The summed E-state index contributed by atoms with van der Waals surface area (Å²) in [5.41, 5.74) is -1.14. The average Bonchev–Trinajstić information content (AvgIpc) is 2.23. The Labute approximate surface area is 121 Å². The molecule has 0 unspecified atom stereocenters. The molecule has 7 heteroatoms. The van der Waals surface area contributed by atoms with Crippen molar-refractivity contribution in [3.63, 3.8) is 0 Å². The third kappa shape index (κ3) is 4.24. The number of sulfonamides is 1. The minimum absolute atomic E-state index is 0.0139. The summed E-state index contributed by atoms with van der Waals surface area (Å²) in [5.74, 6) is -0.517. The second-order valence-corrected chi connectivity index (χ2v) is 7.58. The van der Waals surface area contributed by atoms with Gasteiger partial charge in [0.1, 0.15) is 5.82 Å². The van der Waals surface area contributed by atoms with Crippen LogP contribution in [0.25, 0.3) is 0 Å². The summed E-state index contributed by atoms with van der Waals surface area (Å²) < 4.78 is 39.2. The van der Waals surface area contributed by atoms with Crippen molar-refractivity contribution in [3.8, 4) is 0 Å². The van der Waals surface area contributed by atoms with Crippen LogP contribution in [0.5, 0.6) is 0 Å². The normalized spacial score (nSPS) is 13.0. The Kier molecular flexibility index (Phi) is 5.11. The highest BCUT2D eigenvalue weighted by molar-refractivity contribution is 9.10. The van der Waals surface area contributed by atoms with Gasteiger partial charge in [0.2, 0.25) is 10.0 Å². The smallest absolute Gasteiger partial charge is 0.244 e. The van der Waals surface area contributed by atoms with Crippen molar-refractivity contribution in [1.29, 1.82) is 0 Å². The Balaban J connectivity index is 3.21. The van der Waals surface area contributed by atoms with E-state index in [1.54, 1.807) is 6.92 Å². The van der Waals surface area contributed by atoms with Crippen molar-refractivity contribution in [2.75, 3.05) is 13.1 Å². The highest BCUT2D eigenvalue weighted by Gasteiger charge is 2.29. The van der Waals surface area contributed by atoms with Gasteiger partial charge in [0.25, 0.3) is 0 Å². The van der Waals surface area contributed by atoms with Crippen molar-refractivity contribution in [2.45, 2.75) is 31.3 Å². The Hall–Kier alpha value is -0.500. The van der Waals surface area contributed by atoms with Crippen molar-refractivity contribution >= 4 is 26.0 Å². The first-order chi connectivity index (χ1) is 8.58. The van der Waals surface area contributed by atoms with Gasteiger partial charge in [0.05, 0.1) is 10.5 Å². The molecule has 0 amide bonds. The number of nitrogens with zero attached hydrogens (tertiary/aromatic N) is 1. The molecule has 0 radical (unpaired) electrons. The van der Waals surface area contributed by atoms with Gasteiger partial charge in [-0.2, -0.15) is 4.31 Å². The number of hydrogen-bond acceptors (Lipinski definition) is 3. The molecule has 1 rings (SSSR count). The molecule has 1 aromatic carbocycles. The largest absolute Gasteiger partial charge is 0.389 e. The fourth-order valence-electron chi connectivity index (χ4n) is 1.62. The highest BCUT2D eigenvalue weighted by atomic mass is 79.9. The molecule has 0 saturated carbocycles. The lowest BCUT2D eigenvalue weighted by Gasteiger charge is -2.27. The summed E-state index contributed by atoms with van der Waals surface area (Å²) in [7, 11) is -3.77. The number of hydrogen-bond donors (Lipinski definition) is 1. The fourth-order valence-corrected chi connectivity index (χ4v) is 4.24. The molecule has 0 saturated heterocycles. The second kappa shape index (κ2) is 5.87. The number of rotatable bonds is 5. The van der Waals surface area contributed by atoms with Gasteiger partial charge in [0, 0.05) is 17.6 Å². The maximum Gasteiger partial charge on any atom is 0.244 e. The monoisotopic (exact) mass is 353 g/mol. The van der Waals surface area contributed by atoms with E-state index >= 15 is 0 Å². The van der Waals surface area contributed by atoms with Crippen molar-refractivity contribution in [2.24, 2.45) is 0 Å². The van der Waals surface area contributed by atoms with Crippen molar-refractivity contribution < 1.29 is 17.9 Å². The lowest BCUT2D eigenvalue weighted by atomic mass is 10.1. The van der Waals surface area contributed by atoms with Crippen LogP contribution in [0.1, 0.15) is 20.8 Å². The Morgan fingerprint density at radius 2 is 2.00 bits per heavy atom. The molecule has 0 aliphatic carbocycles. The number of likely N-dealkylation sites (N-methyl/N-ethyl adjacent to an activating group) is 1. The quantitative estimate of drug-likeness (QED) is 0.883. The van der Waals surface area contributed by atoms with Crippen LogP contribution >= 0.6 is 15.9 Å². The van der Waals surface area contributed by atoms with E-state index in [0.29, 0.717) is 0 Å². The zero-order chi connectivity index (χ0) is 14.8. The van der Waals surface area contributed by atoms with Crippen LogP contribution in [0.2, 0.25) is 0 Å². The van der Waals surface area contributed by atoms with Gasteiger partial charge in [-0.15, -0.1) is 0 Å². The first-order valence-electron chi connectivity index (χ1n) is 5.75. The maximum absolute atomic E-state index is 13.0. The molecule has 0 fully saturated rings. The third-order valence-electron chi connectivity index (χ3n) is 2.43. The van der Waals surface area contributed by atoms with Gasteiger partial charge in [-0.1, -0.05) is 6.92 Å². The van der Waals surface area contributed by atoms with Crippen LogP contribution in [-0.4, -0.2) is 36.5 Å². The SMILES string of the molecule is CCN(CC(C)(C)O)S(=O)(=O)c1ccc(F)cc1Br. The van der Waals surface area contributed by atoms with E-state index in [9.17, 15) is 17.9 Å². The lowest BCUT2D eigenvalue weighted by molar-refractivity contribution is 0.0601. The molecule has 4 nitrogen and oxygen atoms in total. The zero-order valence-electron chi connectivity index (χ0n) is 11.0. The summed E-state index contributed by atoms with van der Waals surface area (Å²) in [6.07, 6.45) is 0. The van der Waals surface area contributed by atoms with Crippen molar-refractivity contribution in [1.82, 2.24) is 4.31 Å². The predicted molar refractivity (Wildman–Crippen MR) is 74.8 cm³/mol. The summed E-state index contributed by atoms with van der Waals surface area (Å²) in [4.78, 5) is -0.0139. The second-order valence-electron chi connectivity index (χ2n) is 4.82. The number of benzene rings is 1. The highest BCUT2D eigenvalue weighted by Crippen LogP contribution is 2.26. The van der Waals surface area contributed by atoms with Gasteiger partial charge >= 0.3 is 0 Å². The van der Waals surface area contributed by atoms with Gasteiger partial charge in [-0.05, 0) is 48.0 Å². The van der Waals surface area contributed by atoms with Crippen LogP contribution in [-0.2, 0) is 10.0 Å². The van der Waals surface area contributed by atoms with Gasteiger partial charge < -0.3 is 5.11 Å². The molecular formula is C12H17BrFNO3S. The van der Waals surface area contributed by atoms with Crippen LogP contribution in [0, 0.1) is 5.82 Å². The van der Waals surface area contributed by atoms with Crippen LogP contribution in [0.4, 0.5) is 4.39 Å². The molecule has 0 atom stereocenters. The van der Waals surface area contributed by atoms with Crippen LogP contribution < -0.4 is 0 Å². The standard InChI is InChI=1S/C12H17BrFNO3S/c1-4-15(8-12(2,3)16)19(17,18)11-6-5-9(14)7-10(11)13/h5-7,16H,4,8H2,1-3H3. The third-order valence-corrected chi connectivity index (χ3v) is 5.33. The topological polar surface area (TPSA) is 57.6 Å². The van der Waals surface area contributed by atoms with Crippen LogP contribution in [0.15, 0.2) is 27.6 Å². The van der Waals surface area contributed by atoms with Gasteiger partial charge in [0.15, 0.2) is 0 Å². The Morgan fingerprint density at radius 1 is 1.42 bits per heavy atom. The van der Waals surface area contributed by atoms with Gasteiger partial charge in [-0.25, -0.2) is 12.8 Å². The zero-order valence-corrected chi connectivity index (χ0v) is 13.4. The van der Waals surface area contributed by atoms with E-state index in [2.05, 4.69) is 15.9 Å². The van der Waals surface area contributed by atoms with Crippen molar-refractivity contribution in [3.05, 3.63) is 28.5 Å². The van der Waals surface area contributed by atoms with E-state index < -0.39 is 21.4 Å². The Bertz CT molecular complexity index is 555. The molecule has 0 aliphatic rings.